The van der Waals surface area contributed by atoms with Gasteiger partial charge in [0.2, 0.25) is 0 Å². The Labute approximate surface area is 168 Å². The molecule has 1 aromatic heterocycles. The Morgan fingerprint density at radius 2 is 1.86 bits per heavy atom. The Morgan fingerprint density at radius 1 is 1.04 bits per heavy atom. The van der Waals surface area contributed by atoms with Gasteiger partial charge in [0.05, 0.1) is 11.4 Å². The van der Waals surface area contributed by atoms with Crippen LogP contribution in [0.4, 0.5) is 0 Å². The van der Waals surface area contributed by atoms with Crippen LogP contribution in [-0.2, 0) is 12.3 Å². The van der Waals surface area contributed by atoms with Gasteiger partial charge in [-0.15, -0.1) is 11.8 Å². The van der Waals surface area contributed by atoms with Gasteiger partial charge in [-0.25, -0.2) is 14.0 Å². The molecular weight excluding hydrogens is 370 g/mol. The van der Waals surface area contributed by atoms with Gasteiger partial charge in [-0.1, -0.05) is 30.3 Å². The van der Waals surface area contributed by atoms with E-state index in [-0.39, 0.29) is 5.69 Å². The Hall–Kier alpha value is -2.09. The first kappa shape index (κ1) is 18.0. The van der Waals surface area contributed by atoms with Crippen LogP contribution < -0.4 is 5.69 Å². The van der Waals surface area contributed by atoms with Crippen molar-refractivity contribution in [2.24, 2.45) is 0 Å². The third kappa shape index (κ3) is 3.17. The van der Waals surface area contributed by atoms with Crippen molar-refractivity contribution >= 4 is 22.5 Å². The summed E-state index contributed by atoms with van der Waals surface area (Å²) in [6, 6.07) is 12.5. The standard InChI is InChI=1S/C21H25N5OS/c1-23-11-13-24(14-12-23)9-4-10-25-21(27)26-18-8-7-16-5-2-3-6-17(16)20(18)28-15-19(26)22-25/h2-3,5-8H,4,9-15H2,1H3. The molecule has 146 valence electrons. The monoisotopic (exact) mass is 395 g/mol. The molecule has 0 radical (unpaired) electrons. The summed E-state index contributed by atoms with van der Waals surface area (Å²) in [7, 11) is 2.17. The highest BCUT2D eigenvalue weighted by molar-refractivity contribution is 7.99. The molecule has 0 saturated carbocycles. The molecule has 2 aromatic carbocycles. The number of rotatable bonds is 4. The van der Waals surface area contributed by atoms with Crippen LogP contribution in [-0.4, -0.2) is 63.9 Å². The molecule has 0 N–H and O–H groups in total. The van der Waals surface area contributed by atoms with Crippen LogP contribution in [0.1, 0.15) is 12.2 Å². The number of thioether (sulfide) groups is 1. The number of nitrogens with zero attached hydrogens (tertiary/aromatic N) is 5. The summed E-state index contributed by atoms with van der Waals surface area (Å²) < 4.78 is 3.48. The average Bonchev–Trinajstić information content (AvgIpc) is 3.05. The fourth-order valence-electron chi connectivity index (χ4n) is 4.15. The number of aryl methyl sites for hydroxylation is 1. The van der Waals surface area contributed by atoms with Gasteiger partial charge in [0.25, 0.3) is 0 Å². The van der Waals surface area contributed by atoms with Gasteiger partial charge in [-0.2, -0.15) is 5.10 Å². The van der Waals surface area contributed by atoms with Crippen molar-refractivity contribution in [2.75, 3.05) is 39.8 Å². The normalized spacial score (nSPS) is 17.6. The molecule has 3 aromatic rings. The molecule has 0 unspecified atom stereocenters. The summed E-state index contributed by atoms with van der Waals surface area (Å²) in [6.45, 7) is 6.18. The SMILES string of the molecule is CN1CCN(CCCn2nc3n(c2=O)-c2ccc4ccccc4c2SC3)CC1. The second-order valence-electron chi connectivity index (χ2n) is 7.68. The topological polar surface area (TPSA) is 46.3 Å². The maximum Gasteiger partial charge on any atom is 0.350 e. The van der Waals surface area contributed by atoms with Gasteiger partial charge in [-0.3, -0.25) is 0 Å². The van der Waals surface area contributed by atoms with E-state index in [4.69, 9.17) is 0 Å². The lowest BCUT2D eigenvalue weighted by Crippen LogP contribution is -2.44. The number of aromatic nitrogens is 3. The fraction of sp³-hybridized carbons (Fsp3) is 0.429. The summed E-state index contributed by atoms with van der Waals surface area (Å²) in [6.07, 6.45) is 0.956. The van der Waals surface area contributed by atoms with Crippen molar-refractivity contribution < 1.29 is 0 Å². The van der Waals surface area contributed by atoms with Crippen LogP contribution in [0.15, 0.2) is 46.1 Å². The first-order valence-electron chi connectivity index (χ1n) is 9.95. The van der Waals surface area contributed by atoms with Gasteiger partial charge in [0.15, 0.2) is 0 Å². The van der Waals surface area contributed by atoms with E-state index in [1.165, 1.54) is 15.7 Å². The fourth-order valence-corrected chi connectivity index (χ4v) is 5.25. The maximum atomic E-state index is 13.1. The quantitative estimate of drug-likeness (QED) is 0.679. The summed E-state index contributed by atoms with van der Waals surface area (Å²) in [4.78, 5) is 19.1. The first-order chi connectivity index (χ1) is 13.7. The number of hydrogen-bond donors (Lipinski definition) is 0. The summed E-state index contributed by atoms with van der Waals surface area (Å²) >= 11 is 1.78. The molecule has 1 fully saturated rings. The number of benzene rings is 2. The molecular formula is C21H25N5OS. The van der Waals surface area contributed by atoms with Crippen molar-refractivity contribution in [1.29, 1.82) is 0 Å². The highest BCUT2D eigenvalue weighted by atomic mass is 32.2. The molecule has 1 saturated heterocycles. The van der Waals surface area contributed by atoms with Crippen LogP contribution in [0.5, 0.6) is 0 Å². The predicted molar refractivity (Wildman–Crippen MR) is 113 cm³/mol. The van der Waals surface area contributed by atoms with Crippen molar-refractivity contribution in [3.63, 3.8) is 0 Å². The Balaban J connectivity index is 1.37. The molecule has 6 nitrogen and oxygen atoms in total. The second kappa shape index (κ2) is 7.39. The Kier molecular flexibility index (Phi) is 4.74. The van der Waals surface area contributed by atoms with Crippen molar-refractivity contribution in [1.82, 2.24) is 24.1 Å². The highest BCUT2D eigenvalue weighted by Crippen LogP contribution is 2.38. The zero-order valence-corrected chi connectivity index (χ0v) is 17.0. The average molecular weight is 396 g/mol. The van der Waals surface area contributed by atoms with E-state index < -0.39 is 0 Å². The van der Waals surface area contributed by atoms with Gasteiger partial charge in [-0.05, 0) is 30.3 Å². The molecule has 0 spiro atoms. The molecule has 0 atom stereocenters. The molecule has 2 aliphatic heterocycles. The minimum Gasteiger partial charge on any atom is -0.304 e. The van der Waals surface area contributed by atoms with Gasteiger partial charge >= 0.3 is 5.69 Å². The third-order valence-electron chi connectivity index (χ3n) is 5.79. The van der Waals surface area contributed by atoms with E-state index in [2.05, 4.69) is 58.3 Å². The van der Waals surface area contributed by atoms with Crippen LogP contribution in [0.25, 0.3) is 16.5 Å². The van der Waals surface area contributed by atoms with E-state index >= 15 is 0 Å². The second-order valence-corrected chi connectivity index (χ2v) is 8.67. The van der Waals surface area contributed by atoms with E-state index in [1.807, 2.05) is 4.57 Å². The third-order valence-corrected chi connectivity index (χ3v) is 6.91. The van der Waals surface area contributed by atoms with E-state index in [0.717, 1.165) is 56.4 Å². The Morgan fingerprint density at radius 3 is 2.71 bits per heavy atom. The van der Waals surface area contributed by atoms with Gasteiger partial charge < -0.3 is 9.80 Å². The minimum atomic E-state index is -0.00907. The predicted octanol–water partition coefficient (Wildman–Crippen LogP) is 2.43. The summed E-state index contributed by atoms with van der Waals surface area (Å²) in [5.41, 5.74) is 0.963. The molecule has 28 heavy (non-hydrogen) atoms. The van der Waals surface area contributed by atoms with Crippen molar-refractivity contribution in [3.8, 4) is 5.69 Å². The molecule has 3 heterocycles. The Bertz CT molecular complexity index is 1060. The molecule has 0 aliphatic carbocycles. The zero-order valence-electron chi connectivity index (χ0n) is 16.2. The lowest BCUT2D eigenvalue weighted by atomic mass is 10.1. The minimum absolute atomic E-state index is 0.00907. The highest BCUT2D eigenvalue weighted by Gasteiger charge is 2.24. The van der Waals surface area contributed by atoms with Crippen LogP contribution in [0.2, 0.25) is 0 Å². The van der Waals surface area contributed by atoms with E-state index in [1.54, 1.807) is 16.4 Å². The number of likely N-dealkylation sites (N-methyl/N-ethyl adjacent to an activating group) is 1. The number of hydrogen-bond acceptors (Lipinski definition) is 5. The molecule has 0 amide bonds. The summed E-state index contributed by atoms with van der Waals surface area (Å²) in [5, 5.41) is 7.07. The van der Waals surface area contributed by atoms with E-state index in [0.29, 0.717) is 6.54 Å². The zero-order chi connectivity index (χ0) is 19.1. The van der Waals surface area contributed by atoms with Crippen LogP contribution in [0, 0.1) is 0 Å². The lowest BCUT2D eigenvalue weighted by molar-refractivity contribution is 0.150. The lowest BCUT2D eigenvalue weighted by Gasteiger charge is -2.32. The van der Waals surface area contributed by atoms with Crippen molar-refractivity contribution in [2.45, 2.75) is 23.6 Å². The van der Waals surface area contributed by atoms with Gasteiger partial charge in [0.1, 0.15) is 5.82 Å². The van der Waals surface area contributed by atoms with Crippen molar-refractivity contribution in [3.05, 3.63) is 52.7 Å². The smallest absolute Gasteiger partial charge is 0.304 e. The maximum absolute atomic E-state index is 13.1. The van der Waals surface area contributed by atoms with Crippen LogP contribution >= 0.6 is 11.8 Å². The largest absolute Gasteiger partial charge is 0.350 e. The van der Waals surface area contributed by atoms with Gasteiger partial charge in [0, 0.05) is 44.2 Å². The summed E-state index contributed by atoms with van der Waals surface area (Å²) in [5.74, 6) is 1.60. The van der Waals surface area contributed by atoms with E-state index in [9.17, 15) is 4.79 Å². The first-order valence-corrected chi connectivity index (χ1v) is 10.9. The number of piperazine rings is 1. The molecule has 0 bridgehead atoms. The molecule has 2 aliphatic rings. The molecule has 5 rings (SSSR count). The number of fused-ring (bicyclic) bond motifs is 5. The molecule has 7 heteroatoms. The van der Waals surface area contributed by atoms with Crippen LogP contribution in [0.3, 0.4) is 0 Å².